The molecule has 0 saturated carbocycles. The van der Waals surface area contributed by atoms with Gasteiger partial charge < -0.3 is 0 Å². The fourth-order valence-electron chi connectivity index (χ4n) is 2.08. The lowest BCUT2D eigenvalue weighted by atomic mass is 10.3. The van der Waals surface area contributed by atoms with E-state index in [-0.39, 0.29) is 15.4 Å². The van der Waals surface area contributed by atoms with Crippen molar-refractivity contribution >= 4 is 31.6 Å². The van der Waals surface area contributed by atoms with Gasteiger partial charge in [-0.15, -0.1) is 0 Å². The number of para-hydroxylation sites is 1. The van der Waals surface area contributed by atoms with Gasteiger partial charge in [0.1, 0.15) is 10.7 Å². The van der Waals surface area contributed by atoms with Gasteiger partial charge >= 0.3 is 0 Å². The van der Waals surface area contributed by atoms with Gasteiger partial charge in [-0.3, -0.25) is 4.31 Å². The van der Waals surface area contributed by atoms with Crippen LogP contribution in [0.2, 0.25) is 0 Å². The molecular weight excluding hydrogens is 357 g/mol. The zero-order chi connectivity index (χ0) is 15.6. The maximum atomic E-state index is 13.2. The maximum absolute atomic E-state index is 13.2. The van der Waals surface area contributed by atoms with Gasteiger partial charge in [-0.2, -0.15) is 0 Å². The zero-order valence-corrected chi connectivity index (χ0v) is 14.0. The molecule has 0 aliphatic rings. The van der Waals surface area contributed by atoms with Crippen molar-refractivity contribution in [1.82, 2.24) is 0 Å². The van der Waals surface area contributed by atoms with Crippen molar-refractivity contribution in [3.05, 3.63) is 58.8 Å². The van der Waals surface area contributed by atoms with Gasteiger partial charge in [0.25, 0.3) is 10.0 Å². The highest BCUT2D eigenvalue weighted by Crippen LogP contribution is 2.30. The Bertz CT molecular complexity index is 733. The number of rotatable bonds is 4. The Kier molecular flexibility index (Phi) is 4.68. The molecule has 0 saturated heterocycles. The van der Waals surface area contributed by atoms with Crippen LogP contribution < -0.4 is 4.31 Å². The SMILES string of the molecule is CC(C)N(c1ccccc1)S(=O)(=O)c1ccc(F)cc1Br. The predicted molar refractivity (Wildman–Crippen MR) is 85.3 cm³/mol. The minimum absolute atomic E-state index is 0.0430. The van der Waals surface area contributed by atoms with Gasteiger partial charge in [0, 0.05) is 10.5 Å². The summed E-state index contributed by atoms with van der Waals surface area (Å²) in [5.41, 5.74) is 0.573. The van der Waals surface area contributed by atoms with Crippen molar-refractivity contribution in [3.63, 3.8) is 0 Å². The van der Waals surface area contributed by atoms with Crippen LogP contribution in [0.5, 0.6) is 0 Å². The van der Waals surface area contributed by atoms with E-state index in [9.17, 15) is 12.8 Å². The maximum Gasteiger partial charge on any atom is 0.265 e. The molecule has 21 heavy (non-hydrogen) atoms. The summed E-state index contributed by atoms with van der Waals surface area (Å²) in [7, 11) is -3.78. The molecule has 0 aromatic heterocycles. The molecule has 0 aliphatic carbocycles. The van der Waals surface area contributed by atoms with Crippen molar-refractivity contribution < 1.29 is 12.8 Å². The van der Waals surface area contributed by atoms with Crippen LogP contribution in [-0.4, -0.2) is 14.5 Å². The van der Waals surface area contributed by atoms with Gasteiger partial charge in [-0.05, 0) is 60.1 Å². The first-order valence-electron chi connectivity index (χ1n) is 6.38. The molecule has 0 spiro atoms. The van der Waals surface area contributed by atoms with E-state index in [2.05, 4.69) is 15.9 Å². The van der Waals surface area contributed by atoms with E-state index in [0.29, 0.717) is 5.69 Å². The zero-order valence-electron chi connectivity index (χ0n) is 11.6. The summed E-state index contributed by atoms with van der Waals surface area (Å²) in [6.45, 7) is 3.59. The van der Waals surface area contributed by atoms with Gasteiger partial charge in [-0.1, -0.05) is 18.2 Å². The molecular formula is C15H15BrFNO2S. The number of hydrogen-bond acceptors (Lipinski definition) is 2. The van der Waals surface area contributed by atoms with Gasteiger partial charge in [-0.25, -0.2) is 12.8 Å². The quantitative estimate of drug-likeness (QED) is 0.807. The number of benzene rings is 2. The summed E-state index contributed by atoms with van der Waals surface area (Å²) in [4.78, 5) is 0.0430. The van der Waals surface area contributed by atoms with Gasteiger partial charge in [0.15, 0.2) is 0 Å². The van der Waals surface area contributed by atoms with Crippen LogP contribution in [-0.2, 0) is 10.0 Å². The third kappa shape index (κ3) is 3.27. The lowest BCUT2D eigenvalue weighted by Gasteiger charge is -2.28. The number of sulfonamides is 1. The number of anilines is 1. The van der Waals surface area contributed by atoms with Crippen LogP contribution in [0.25, 0.3) is 0 Å². The van der Waals surface area contributed by atoms with E-state index in [1.165, 1.54) is 10.4 Å². The normalized spacial score (nSPS) is 11.7. The summed E-state index contributed by atoms with van der Waals surface area (Å²) in [5.74, 6) is -0.489. The summed E-state index contributed by atoms with van der Waals surface area (Å²) < 4.78 is 40.5. The molecule has 6 heteroatoms. The smallest absolute Gasteiger partial charge is 0.264 e. The van der Waals surface area contributed by atoms with E-state index < -0.39 is 15.8 Å². The Balaban J connectivity index is 2.59. The first-order valence-corrected chi connectivity index (χ1v) is 8.62. The molecule has 0 unspecified atom stereocenters. The molecule has 2 aromatic carbocycles. The Morgan fingerprint density at radius 1 is 1.10 bits per heavy atom. The largest absolute Gasteiger partial charge is 0.265 e. The summed E-state index contributed by atoms with van der Waals surface area (Å²) >= 11 is 3.13. The molecule has 3 nitrogen and oxygen atoms in total. The lowest BCUT2D eigenvalue weighted by molar-refractivity contribution is 0.582. The summed E-state index contributed by atoms with van der Waals surface area (Å²) in [6.07, 6.45) is 0. The van der Waals surface area contributed by atoms with Crippen LogP contribution in [0.15, 0.2) is 57.9 Å². The second-order valence-electron chi connectivity index (χ2n) is 4.80. The highest BCUT2D eigenvalue weighted by molar-refractivity contribution is 9.10. The molecule has 112 valence electrons. The third-order valence-corrected chi connectivity index (χ3v) is 5.89. The first-order chi connectivity index (χ1) is 9.84. The number of hydrogen-bond donors (Lipinski definition) is 0. The molecule has 0 fully saturated rings. The van der Waals surface area contributed by atoms with Crippen LogP contribution in [0, 0.1) is 5.82 Å². The van der Waals surface area contributed by atoms with Crippen LogP contribution in [0.4, 0.5) is 10.1 Å². The highest BCUT2D eigenvalue weighted by Gasteiger charge is 2.29. The van der Waals surface area contributed by atoms with Crippen molar-refractivity contribution in [2.75, 3.05) is 4.31 Å². The molecule has 0 aliphatic heterocycles. The molecule has 0 amide bonds. The third-order valence-electron chi connectivity index (χ3n) is 2.91. The van der Waals surface area contributed by atoms with Gasteiger partial charge in [0.2, 0.25) is 0 Å². The van der Waals surface area contributed by atoms with E-state index in [4.69, 9.17) is 0 Å². The Hall–Kier alpha value is -1.40. The molecule has 0 N–H and O–H groups in total. The monoisotopic (exact) mass is 371 g/mol. The average Bonchev–Trinajstić information content (AvgIpc) is 2.38. The number of halogens is 2. The van der Waals surface area contributed by atoms with E-state index in [1.807, 2.05) is 6.07 Å². The van der Waals surface area contributed by atoms with E-state index in [0.717, 1.165) is 12.1 Å². The second kappa shape index (κ2) is 6.15. The summed E-state index contributed by atoms with van der Waals surface area (Å²) in [6, 6.07) is 12.1. The van der Waals surface area contributed by atoms with Crippen molar-refractivity contribution in [1.29, 1.82) is 0 Å². The summed E-state index contributed by atoms with van der Waals surface area (Å²) in [5, 5.41) is 0. The van der Waals surface area contributed by atoms with E-state index >= 15 is 0 Å². The number of nitrogens with zero attached hydrogens (tertiary/aromatic N) is 1. The average molecular weight is 372 g/mol. The fourth-order valence-corrected chi connectivity index (χ4v) is 4.76. The lowest BCUT2D eigenvalue weighted by Crippen LogP contribution is -2.37. The molecule has 0 atom stereocenters. The molecule has 0 heterocycles. The van der Waals surface area contributed by atoms with Crippen molar-refractivity contribution in [2.24, 2.45) is 0 Å². The molecule has 0 bridgehead atoms. The Morgan fingerprint density at radius 3 is 2.24 bits per heavy atom. The topological polar surface area (TPSA) is 37.4 Å². The fraction of sp³-hybridized carbons (Fsp3) is 0.200. The first kappa shape index (κ1) is 16.0. The standard InChI is InChI=1S/C15H15BrFNO2S/c1-11(2)18(13-6-4-3-5-7-13)21(19,20)15-9-8-12(17)10-14(15)16/h3-11H,1-2H3. The van der Waals surface area contributed by atoms with Crippen LogP contribution in [0.3, 0.4) is 0 Å². The van der Waals surface area contributed by atoms with Crippen LogP contribution in [0.1, 0.15) is 13.8 Å². The minimum atomic E-state index is -3.78. The second-order valence-corrected chi connectivity index (χ2v) is 7.44. The van der Waals surface area contributed by atoms with Crippen LogP contribution >= 0.6 is 15.9 Å². The molecule has 2 aromatic rings. The van der Waals surface area contributed by atoms with Crippen molar-refractivity contribution in [3.8, 4) is 0 Å². The Morgan fingerprint density at radius 2 is 1.71 bits per heavy atom. The van der Waals surface area contributed by atoms with Crippen molar-refractivity contribution in [2.45, 2.75) is 24.8 Å². The predicted octanol–water partition coefficient (Wildman–Crippen LogP) is 4.19. The highest BCUT2D eigenvalue weighted by atomic mass is 79.9. The molecule has 2 rings (SSSR count). The van der Waals surface area contributed by atoms with E-state index in [1.54, 1.807) is 38.1 Å². The Labute approximate surface area is 132 Å². The molecule has 0 radical (unpaired) electrons. The minimum Gasteiger partial charge on any atom is -0.264 e. The van der Waals surface area contributed by atoms with Gasteiger partial charge in [0.05, 0.1) is 5.69 Å².